The van der Waals surface area contributed by atoms with Crippen molar-refractivity contribution in [3.8, 4) is 0 Å². The van der Waals surface area contributed by atoms with Gasteiger partial charge in [-0.2, -0.15) is 0 Å². The van der Waals surface area contributed by atoms with Gasteiger partial charge in [0.1, 0.15) is 0 Å². The van der Waals surface area contributed by atoms with Crippen molar-refractivity contribution in [1.82, 2.24) is 0 Å². The lowest BCUT2D eigenvalue weighted by atomic mass is 10.4. The van der Waals surface area contributed by atoms with Crippen LogP contribution >= 0.6 is 11.3 Å². The van der Waals surface area contributed by atoms with Crippen molar-refractivity contribution in [3.63, 3.8) is 0 Å². The average molecular weight is 200 g/mol. The second kappa shape index (κ2) is 4.21. The molecule has 1 aromatic rings. The van der Waals surface area contributed by atoms with Crippen molar-refractivity contribution in [2.24, 2.45) is 0 Å². The maximum Gasteiger partial charge on any atom is 0.186 e. The highest BCUT2D eigenvalue weighted by molar-refractivity contribution is 7.09. The van der Waals surface area contributed by atoms with Crippen LogP contribution in [-0.4, -0.2) is 15.4 Å². The molecule has 68 valence electrons. The number of hydrogen-bond donors (Lipinski definition) is 0. The van der Waals surface area contributed by atoms with Gasteiger partial charge in [-0.1, -0.05) is 6.07 Å². The van der Waals surface area contributed by atoms with Crippen LogP contribution in [0.2, 0.25) is 19.1 Å². The molecular formula is C9H16OSSi. The van der Waals surface area contributed by atoms with E-state index in [4.69, 9.17) is 4.43 Å². The highest BCUT2D eigenvalue weighted by atomic mass is 32.1. The molecule has 0 N–H and O–H groups in total. The molecule has 0 aliphatic heterocycles. The Morgan fingerprint density at radius 1 is 1.50 bits per heavy atom. The summed E-state index contributed by atoms with van der Waals surface area (Å²) in [6, 6.07) is 5.54. The van der Waals surface area contributed by atoms with E-state index in [-0.39, 0.29) is 0 Å². The summed E-state index contributed by atoms with van der Waals surface area (Å²) in [5.41, 5.74) is 0. The summed E-state index contributed by atoms with van der Waals surface area (Å²) in [6.45, 7) is 4.53. The third-order valence-electron chi connectivity index (χ3n) is 2.11. The molecule has 0 bridgehead atoms. The predicted octanol–water partition coefficient (Wildman–Crippen LogP) is 3.14. The number of hydrogen-bond acceptors (Lipinski definition) is 2. The smallest absolute Gasteiger partial charge is 0.186 e. The fourth-order valence-electron chi connectivity index (χ4n) is 0.981. The summed E-state index contributed by atoms with van der Waals surface area (Å²) in [5.74, 6) is 0. The first-order valence-corrected chi connectivity index (χ1v) is 8.21. The van der Waals surface area contributed by atoms with Crippen molar-refractivity contribution in [3.05, 3.63) is 22.4 Å². The monoisotopic (exact) mass is 200 g/mol. The van der Waals surface area contributed by atoms with Crippen LogP contribution < -0.4 is 0 Å². The van der Waals surface area contributed by atoms with E-state index in [0.717, 1.165) is 0 Å². The van der Waals surface area contributed by atoms with Crippen LogP contribution in [0.25, 0.3) is 0 Å². The van der Waals surface area contributed by atoms with Crippen molar-refractivity contribution in [2.75, 3.05) is 7.11 Å². The molecule has 1 rings (SSSR count). The molecule has 0 fully saturated rings. The maximum atomic E-state index is 5.48. The fourth-order valence-corrected chi connectivity index (χ4v) is 2.95. The first-order valence-electron chi connectivity index (χ1n) is 4.21. The molecule has 1 aromatic heterocycles. The Labute approximate surface area is 79.5 Å². The first kappa shape index (κ1) is 9.96. The minimum Gasteiger partial charge on any atom is -0.420 e. The third kappa shape index (κ3) is 3.09. The van der Waals surface area contributed by atoms with Gasteiger partial charge in [0.05, 0.1) is 0 Å². The summed E-state index contributed by atoms with van der Waals surface area (Å²) < 4.78 is 5.48. The molecule has 1 heterocycles. The SMILES string of the molecule is CO[Si](C)(C)CCc1cccs1. The molecule has 0 radical (unpaired) electrons. The largest absolute Gasteiger partial charge is 0.420 e. The normalized spacial score (nSPS) is 11.9. The zero-order valence-corrected chi connectivity index (χ0v) is 9.78. The van der Waals surface area contributed by atoms with E-state index in [0.29, 0.717) is 0 Å². The molecule has 0 saturated carbocycles. The van der Waals surface area contributed by atoms with Crippen molar-refractivity contribution < 1.29 is 4.43 Å². The maximum absolute atomic E-state index is 5.48. The van der Waals surface area contributed by atoms with Crippen LogP contribution in [0, 0.1) is 0 Å². The van der Waals surface area contributed by atoms with Crippen molar-refractivity contribution in [2.45, 2.75) is 25.6 Å². The average Bonchev–Trinajstić information content (AvgIpc) is 2.53. The minimum absolute atomic E-state index is 1.19. The lowest BCUT2D eigenvalue weighted by Crippen LogP contribution is -2.28. The van der Waals surface area contributed by atoms with E-state index < -0.39 is 8.32 Å². The molecular weight excluding hydrogens is 184 g/mol. The van der Waals surface area contributed by atoms with Crippen molar-refractivity contribution >= 4 is 19.7 Å². The van der Waals surface area contributed by atoms with E-state index >= 15 is 0 Å². The van der Waals surface area contributed by atoms with Crippen LogP contribution in [0.15, 0.2) is 17.5 Å². The number of thiophene rings is 1. The first-order chi connectivity index (χ1) is 5.64. The van der Waals surface area contributed by atoms with Gasteiger partial charge in [-0.25, -0.2) is 0 Å². The van der Waals surface area contributed by atoms with Crippen LogP contribution in [0.5, 0.6) is 0 Å². The summed E-state index contributed by atoms with van der Waals surface area (Å²) >= 11 is 1.84. The van der Waals surface area contributed by atoms with Crippen LogP contribution in [0.1, 0.15) is 4.88 Å². The van der Waals surface area contributed by atoms with Gasteiger partial charge in [0.15, 0.2) is 8.32 Å². The third-order valence-corrected chi connectivity index (χ3v) is 5.60. The molecule has 0 amide bonds. The lowest BCUT2D eigenvalue weighted by Gasteiger charge is -2.18. The summed E-state index contributed by atoms with van der Waals surface area (Å²) in [6.07, 6.45) is 1.19. The van der Waals surface area contributed by atoms with E-state index in [1.165, 1.54) is 17.3 Å². The highest BCUT2D eigenvalue weighted by Gasteiger charge is 2.19. The molecule has 0 spiro atoms. The Hall–Kier alpha value is -0.123. The van der Waals surface area contributed by atoms with Crippen LogP contribution in [0.3, 0.4) is 0 Å². The molecule has 0 aliphatic rings. The Kier molecular flexibility index (Phi) is 3.49. The van der Waals surface area contributed by atoms with Gasteiger partial charge >= 0.3 is 0 Å². The fraction of sp³-hybridized carbons (Fsp3) is 0.556. The summed E-state index contributed by atoms with van der Waals surface area (Å²) in [5, 5.41) is 2.14. The van der Waals surface area contributed by atoms with Gasteiger partial charge < -0.3 is 4.43 Å². The van der Waals surface area contributed by atoms with Crippen LogP contribution in [0.4, 0.5) is 0 Å². The zero-order chi connectivity index (χ0) is 9.03. The van der Waals surface area contributed by atoms with E-state index in [1.807, 2.05) is 18.4 Å². The molecule has 0 aliphatic carbocycles. The van der Waals surface area contributed by atoms with Gasteiger partial charge in [-0.15, -0.1) is 11.3 Å². The summed E-state index contributed by atoms with van der Waals surface area (Å²) in [7, 11) is 0.507. The minimum atomic E-state index is -1.33. The van der Waals surface area contributed by atoms with E-state index in [2.05, 4.69) is 30.6 Å². The topological polar surface area (TPSA) is 9.23 Å². The van der Waals surface area contributed by atoms with Gasteiger partial charge in [-0.05, 0) is 37.0 Å². The molecule has 0 unspecified atom stereocenters. The van der Waals surface area contributed by atoms with Gasteiger partial charge in [-0.3, -0.25) is 0 Å². The molecule has 12 heavy (non-hydrogen) atoms. The number of aryl methyl sites for hydroxylation is 1. The Morgan fingerprint density at radius 2 is 2.25 bits per heavy atom. The molecule has 1 nitrogen and oxygen atoms in total. The van der Waals surface area contributed by atoms with Gasteiger partial charge in [0, 0.05) is 12.0 Å². The predicted molar refractivity (Wildman–Crippen MR) is 57.3 cm³/mol. The molecule has 0 atom stereocenters. The second-order valence-corrected chi connectivity index (χ2v) is 9.00. The van der Waals surface area contributed by atoms with E-state index in [1.54, 1.807) is 0 Å². The highest BCUT2D eigenvalue weighted by Crippen LogP contribution is 2.17. The van der Waals surface area contributed by atoms with Gasteiger partial charge in [0.25, 0.3) is 0 Å². The lowest BCUT2D eigenvalue weighted by molar-refractivity contribution is 0.403. The standard InChI is InChI=1S/C9H16OSSi/c1-10-12(2,3)8-6-9-5-4-7-11-9/h4-5,7H,6,8H2,1-3H3. The number of rotatable bonds is 4. The Morgan fingerprint density at radius 3 is 2.75 bits per heavy atom. The van der Waals surface area contributed by atoms with Gasteiger partial charge in [0.2, 0.25) is 0 Å². The van der Waals surface area contributed by atoms with E-state index in [9.17, 15) is 0 Å². The Bertz CT molecular complexity index is 218. The quantitative estimate of drug-likeness (QED) is 0.679. The molecule has 0 aromatic carbocycles. The summed E-state index contributed by atoms with van der Waals surface area (Å²) in [4.78, 5) is 1.48. The molecule has 3 heteroatoms. The Balaban J connectivity index is 2.36. The second-order valence-electron chi connectivity index (χ2n) is 3.54. The molecule has 0 saturated heterocycles. The van der Waals surface area contributed by atoms with Crippen LogP contribution in [-0.2, 0) is 10.8 Å². The van der Waals surface area contributed by atoms with Crippen molar-refractivity contribution in [1.29, 1.82) is 0 Å². The zero-order valence-electron chi connectivity index (χ0n) is 7.96.